The topological polar surface area (TPSA) is 49.6 Å². The van der Waals surface area contributed by atoms with Gasteiger partial charge >= 0.3 is 0 Å². The summed E-state index contributed by atoms with van der Waals surface area (Å²) < 4.78 is 5.30. The normalized spacial score (nSPS) is 11.5. The lowest BCUT2D eigenvalue weighted by Crippen LogP contribution is -2.37. The summed E-state index contributed by atoms with van der Waals surface area (Å²) in [6.07, 6.45) is 2.54. The minimum absolute atomic E-state index is 0.770. The van der Waals surface area contributed by atoms with Crippen molar-refractivity contribution in [3.63, 3.8) is 0 Å². The molecule has 4 heteroatoms. The van der Waals surface area contributed by atoms with Gasteiger partial charge in [0, 0.05) is 26.6 Å². The van der Waals surface area contributed by atoms with Crippen molar-refractivity contribution in [2.75, 3.05) is 13.6 Å². The zero-order chi connectivity index (χ0) is 15.1. The summed E-state index contributed by atoms with van der Waals surface area (Å²) >= 11 is 0. The summed E-state index contributed by atoms with van der Waals surface area (Å²) in [5, 5.41) is 6.62. The molecule has 0 amide bonds. The lowest BCUT2D eigenvalue weighted by molar-refractivity contribution is 0.507. The van der Waals surface area contributed by atoms with Crippen molar-refractivity contribution in [1.82, 2.24) is 10.6 Å². The molecule has 0 aliphatic rings. The van der Waals surface area contributed by atoms with Gasteiger partial charge in [-0.2, -0.15) is 0 Å². The van der Waals surface area contributed by atoms with Gasteiger partial charge in [0.15, 0.2) is 5.96 Å². The summed E-state index contributed by atoms with van der Waals surface area (Å²) in [5.41, 5.74) is 3.88. The van der Waals surface area contributed by atoms with Gasteiger partial charge in [-0.3, -0.25) is 4.99 Å². The monoisotopic (exact) mass is 285 g/mol. The van der Waals surface area contributed by atoms with Gasteiger partial charge in [0.1, 0.15) is 5.76 Å². The third-order valence-corrected chi connectivity index (χ3v) is 3.41. The fraction of sp³-hybridized carbons (Fsp3) is 0.353. The molecule has 2 N–H and O–H groups in total. The number of hydrogen-bond donors (Lipinski definition) is 2. The lowest BCUT2D eigenvalue weighted by Gasteiger charge is -2.13. The van der Waals surface area contributed by atoms with Crippen LogP contribution < -0.4 is 10.6 Å². The predicted molar refractivity (Wildman–Crippen MR) is 86.5 cm³/mol. The first-order valence-electron chi connectivity index (χ1n) is 7.22. The maximum atomic E-state index is 5.30. The Morgan fingerprint density at radius 2 is 2.05 bits per heavy atom. The fourth-order valence-corrected chi connectivity index (χ4v) is 2.20. The number of benzene rings is 1. The van der Waals surface area contributed by atoms with Gasteiger partial charge in [-0.15, -0.1) is 0 Å². The van der Waals surface area contributed by atoms with Crippen LogP contribution in [0, 0.1) is 13.8 Å². The summed E-state index contributed by atoms with van der Waals surface area (Å²) in [4.78, 5) is 4.23. The molecule has 1 aromatic heterocycles. The van der Waals surface area contributed by atoms with Gasteiger partial charge in [0.25, 0.3) is 0 Å². The van der Waals surface area contributed by atoms with Crippen LogP contribution in [0.5, 0.6) is 0 Å². The number of hydrogen-bond acceptors (Lipinski definition) is 2. The Hall–Kier alpha value is -2.23. The van der Waals surface area contributed by atoms with E-state index in [0.717, 1.165) is 31.2 Å². The van der Waals surface area contributed by atoms with Crippen molar-refractivity contribution in [3.8, 4) is 0 Å². The molecular formula is C17H23N3O. The highest BCUT2D eigenvalue weighted by Crippen LogP contribution is 2.09. The Bertz CT molecular complexity index is 588. The summed E-state index contributed by atoms with van der Waals surface area (Å²) in [6, 6.07) is 10.4. The van der Waals surface area contributed by atoms with Crippen LogP contribution in [-0.4, -0.2) is 19.6 Å². The summed E-state index contributed by atoms with van der Waals surface area (Å²) in [7, 11) is 1.78. The maximum absolute atomic E-state index is 5.30. The molecule has 112 valence electrons. The molecule has 0 fully saturated rings. The lowest BCUT2D eigenvalue weighted by atomic mass is 10.1. The number of nitrogens with one attached hydrogen (secondary N) is 2. The molecule has 21 heavy (non-hydrogen) atoms. The standard InChI is InChI=1S/C17H23N3O/c1-13-6-7-15(14(2)11-13)12-20-17(18-3)19-9-8-16-5-4-10-21-16/h4-7,10-11H,8-9,12H2,1-3H3,(H2,18,19,20). The van der Waals surface area contributed by atoms with E-state index in [1.807, 2.05) is 12.1 Å². The number of nitrogens with zero attached hydrogens (tertiary/aromatic N) is 1. The van der Waals surface area contributed by atoms with Crippen LogP contribution in [0.3, 0.4) is 0 Å². The molecule has 0 bridgehead atoms. The van der Waals surface area contributed by atoms with Crippen molar-refractivity contribution in [2.24, 2.45) is 4.99 Å². The number of aliphatic imine (C=N–C) groups is 1. The van der Waals surface area contributed by atoms with Crippen LogP contribution in [0.4, 0.5) is 0 Å². The van der Waals surface area contributed by atoms with E-state index in [2.05, 4.69) is 47.7 Å². The molecule has 1 aromatic carbocycles. The van der Waals surface area contributed by atoms with Gasteiger partial charge in [-0.1, -0.05) is 23.8 Å². The third kappa shape index (κ3) is 4.67. The van der Waals surface area contributed by atoms with Crippen molar-refractivity contribution in [1.29, 1.82) is 0 Å². The number of guanidine groups is 1. The van der Waals surface area contributed by atoms with Gasteiger partial charge in [-0.05, 0) is 37.1 Å². The second kappa shape index (κ2) is 7.53. The first kappa shape index (κ1) is 15.2. The molecule has 0 aliphatic carbocycles. The van der Waals surface area contributed by atoms with E-state index in [1.54, 1.807) is 13.3 Å². The van der Waals surface area contributed by atoms with Crippen molar-refractivity contribution in [2.45, 2.75) is 26.8 Å². The molecule has 0 saturated carbocycles. The fourth-order valence-electron chi connectivity index (χ4n) is 2.20. The van der Waals surface area contributed by atoms with Crippen LogP contribution in [0.25, 0.3) is 0 Å². The Morgan fingerprint density at radius 3 is 2.71 bits per heavy atom. The molecule has 0 atom stereocenters. The second-order valence-electron chi connectivity index (χ2n) is 5.11. The Labute approximate surface area is 126 Å². The van der Waals surface area contributed by atoms with Gasteiger partial charge in [0.05, 0.1) is 6.26 Å². The Kier molecular flexibility index (Phi) is 5.43. The number of aryl methyl sites for hydroxylation is 2. The highest BCUT2D eigenvalue weighted by atomic mass is 16.3. The van der Waals surface area contributed by atoms with Crippen LogP contribution in [0.1, 0.15) is 22.5 Å². The van der Waals surface area contributed by atoms with E-state index >= 15 is 0 Å². The predicted octanol–water partition coefficient (Wildman–Crippen LogP) is 2.80. The van der Waals surface area contributed by atoms with Crippen molar-refractivity contribution < 1.29 is 4.42 Å². The maximum Gasteiger partial charge on any atom is 0.191 e. The Balaban J connectivity index is 1.79. The third-order valence-electron chi connectivity index (χ3n) is 3.41. The number of rotatable bonds is 5. The van der Waals surface area contributed by atoms with E-state index in [4.69, 9.17) is 4.42 Å². The SMILES string of the molecule is CN=C(NCCc1ccco1)NCc1ccc(C)cc1C. The molecule has 0 unspecified atom stereocenters. The van der Waals surface area contributed by atoms with Gasteiger partial charge in [-0.25, -0.2) is 0 Å². The van der Waals surface area contributed by atoms with Crippen molar-refractivity contribution >= 4 is 5.96 Å². The van der Waals surface area contributed by atoms with Crippen LogP contribution in [0.15, 0.2) is 46.0 Å². The molecule has 1 heterocycles. The molecule has 0 aliphatic heterocycles. The van der Waals surface area contributed by atoms with E-state index in [0.29, 0.717) is 0 Å². The average Bonchev–Trinajstić information content (AvgIpc) is 2.97. The number of furan rings is 1. The zero-order valence-corrected chi connectivity index (χ0v) is 12.9. The van der Waals surface area contributed by atoms with Crippen LogP contribution in [0.2, 0.25) is 0 Å². The average molecular weight is 285 g/mol. The van der Waals surface area contributed by atoms with Crippen LogP contribution in [-0.2, 0) is 13.0 Å². The zero-order valence-electron chi connectivity index (χ0n) is 12.9. The first-order valence-corrected chi connectivity index (χ1v) is 7.22. The van der Waals surface area contributed by atoms with E-state index in [1.165, 1.54) is 16.7 Å². The minimum Gasteiger partial charge on any atom is -0.469 e. The molecule has 2 aromatic rings. The molecule has 0 spiro atoms. The van der Waals surface area contributed by atoms with Gasteiger partial charge in [0.2, 0.25) is 0 Å². The molecule has 0 saturated heterocycles. The molecule has 4 nitrogen and oxygen atoms in total. The first-order chi connectivity index (χ1) is 10.2. The Morgan fingerprint density at radius 1 is 1.19 bits per heavy atom. The summed E-state index contributed by atoms with van der Waals surface area (Å²) in [6.45, 7) is 5.81. The molecule has 2 rings (SSSR count). The minimum atomic E-state index is 0.770. The molecule has 0 radical (unpaired) electrons. The van der Waals surface area contributed by atoms with E-state index in [9.17, 15) is 0 Å². The van der Waals surface area contributed by atoms with Gasteiger partial charge < -0.3 is 15.1 Å². The van der Waals surface area contributed by atoms with E-state index < -0.39 is 0 Å². The second-order valence-corrected chi connectivity index (χ2v) is 5.11. The van der Waals surface area contributed by atoms with E-state index in [-0.39, 0.29) is 0 Å². The molecular weight excluding hydrogens is 262 g/mol. The largest absolute Gasteiger partial charge is 0.469 e. The smallest absolute Gasteiger partial charge is 0.191 e. The van der Waals surface area contributed by atoms with Crippen molar-refractivity contribution in [3.05, 3.63) is 59.0 Å². The van der Waals surface area contributed by atoms with Crippen LogP contribution >= 0.6 is 0 Å². The highest BCUT2D eigenvalue weighted by Gasteiger charge is 2.02. The highest BCUT2D eigenvalue weighted by molar-refractivity contribution is 5.79. The summed E-state index contributed by atoms with van der Waals surface area (Å²) in [5.74, 6) is 1.79. The quantitative estimate of drug-likeness (QED) is 0.656.